The van der Waals surface area contributed by atoms with Crippen LogP contribution in [0.5, 0.6) is 0 Å². The van der Waals surface area contributed by atoms with Gasteiger partial charge in [0.25, 0.3) is 0 Å². The van der Waals surface area contributed by atoms with E-state index in [4.69, 9.17) is 4.42 Å². The normalized spacial score (nSPS) is 11.6. The summed E-state index contributed by atoms with van der Waals surface area (Å²) >= 11 is 0. The Morgan fingerprint density at radius 3 is 1.53 bits per heavy atom. The second-order valence-electron chi connectivity index (χ2n) is 14.4. The minimum atomic E-state index is 0.896. The molecular weight excluding hydrogens is 665 g/mol. The molecule has 10 aromatic carbocycles. The van der Waals surface area contributed by atoms with E-state index in [0.717, 1.165) is 33.1 Å². The lowest BCUT2D eigenvalue weighted by Gasteiger charge is -2.19. The van der Waals surface area contributed by atoms with E-state index in [0.29, 0.717) is 0 Å². The van der Waals surface area contributed by atoms with Crippen LogP contribution in [0.15, 0.2) is 211 Å². The maximum atomic E-state index is 6.66. The summed E-state index contributed by atoms with van der Waals surface area (Å²) in [6, 6.07) is 74.7. The molecule has 0 amide bonds. The fourth-order valence-electron chi connectivity index (χ4n) is 8.63. The van der Waals surface area contributed by atoms with Crippen molar-refractivity contribution >= 4 is 54.3 Å². The lowest BCUT2D eigenvalue weighted by atomic mass is 9.85. The SMILES string of the molecule is c1ccc(-c2c3ccccc3c(-c3ccccc3)c3cc(-c4cccc(-c5cccc6c5oc5ccc(-c7ccc8ccccc8c7)cc56)c4)ccc23)cc1. The van der Waals surface area contributed by atoms with Crippen LogP contribution in [0.3, 0.4) is 0 Å². The van der Waals surface area contributed by atoms with Gasteiger partial charge >= 0.3 is 0 Å². The molecule has 11 aromatic rings. The maximum absolute atomic E-state index is 6.66. The van der Waals surface area contributed by atoms with Crippen molar-refractivity contribution in [2.45, 2.75) is 0 Å². The van der Waals surface area contributed by atoms with Gasteiger partial charge in [0.2, 0.25) is 0 Å². The van der Waals surface area contributed by atoms with Gasteiger partial charge in [0, 0.05) is 16.3 Å². The quantitative estimate of drug-likeness (QED) is 0.163. The van der Waals surface area contributed by atoms with Gasteiger partial charge in [-0.25, -0.2) is 0 Å². The summed E-state index contributed by atoms with van der Waals surface area (Å²) in [5.41, 5.74) is 13.7. The molecule has 0 saturated carbocycles. The zero-order valence-electron chi connectivity index (χ0n) is 30.0. The Labute approximate surface area is 319 Å². The molecule has 256 valence electrons. The van der Waals surface area contributed by atoms with Gasteiger partial charge in [-0.05, 0) is 113 Å². The highest BCUT2D eigenvalue weighted by atomic mass is 16.3. The first-order valence-electron chi connectivity index (χ1n) is 18.9. The fraction of sp³-hybridized carbons (Fsp3) is 0. The van der Waals surface area contributed by atoms with Gasteiger partial charge in [-0.2, -0.15) is 0 Å². The average molecular weight is 699 g/mol. The Morgan fingerprint density at radius 1 is 0.255 bits per heavy atom. The molecule has 0 saturated heterocycles. The number of para-hydroxylation sites is 1. The molecule has 1 nitrogen and oxygen atoms in total. The van der Waals surface area contributed by atoms with E-state index in [2.05, 4.69) is 206 Å². The molecule has 0 aliphatic carbocycles. The van der Waals surface area contributed by atoms with Gasteiger partial charge in [0.15, 0.2) is 0 Å². The molecule has 1 aromatic heterocycles. The molecule has 0 atom stereocenters. The lowest BCUT2D eigenvalue weighted by molar-refractivity contribution is 0.670. The summed E-state index contributed by atoms with van der Waals surface area (Å²) in [6.07, 6.45) is 0. The number of rotatable bonds is 5. The zero-order valence-corrected chi connectivity index (χ0v) is 30.0. The van der Waals surface area contributed by atoms with Crippen LogP contribution >= 0.6 is 0 Å². The van der Waals surface area contributed by atoms with E-state index in [1.165, 1.54) is 76.8 Å². The van der Waals surface area contributed by atoms with E-state index in [1.54, 1.807) is 0 Å². The van der Waals surface area contributed by atoms with Crippen molar-refractivity contribution in [1.29, 1.82) is 0 Å². The highest BCUT2D eigenvalue weighted by Gasteiger charge is 2.18. The van der Waals surface area contributed by atoms with Gasteiger partial charge in [-0.3, -0.25) is 0 Å². The van der Waals surface area contributed by atoms with Crippen molar-refractivity contribution in [2.75, 3.05) is 0 Å². The fourth-order valence-corrected chi connectivity index (χ4v) is 8.63. The van der Waals surface area contributed by atoms with E-state index in [9.17, 15) is 0 Å². The third-order valence-electron chi connectivity index (χ3n) is 11.2. The molecule has 0 spiro atoms. The van der Waals surface area contributed by atoms with Crippen LogP contribution in [0, 0.1) is 0 Å². The molecule has 0 aliphatic heterocycles. The highest BCUT2D eigenvalue weighted by Crippen LogP contribution is 2.45. The van der Waals surface area contributed by atoms with Crippen LogP contribution in [0.1, 0.15) is 0 Å². The summed E-state index contributed by atoms with van der Waals surface area (Å²) in [5, 5.41) is 9.75. The Kier molecular flexibility index (Phi) is 7.25. The zero-order chi connectivity index (χ0) is 36.3. The van der Waals surface area contributed by atoms with Crippen molar-refractivity contribution in [3.8, 4) is 55.6 Å². The second kappa shape index (κ2) is 12.7. The van der Waals surface area contributed by atoms with Crippen molar-refractivity contribution in [1.82, 2.24) is 0 Å². The Morgan fingerprint density at radius 2 is 0.764 bits per heavy atom. The lowest BCUT2D eigenvalue weighted by Crippen LogP contribution is -1.91. The summed E-state index contributed by atoms with van der Waals surface area (Å²) in [6.45, 7) is 0. The summed E-state index contributed by atoms with van der Waals surface area (Å²) in [5.74, 6) is 0. The monoisotopic (exact) mass is 698 g/mol. The molecule has 0 fully saturated rings. The number of furan rings is 1. The van der Waals surface area contributed by atoms with Gasteiger partial charge < -0.3 is 4.42 Å². The molecule has 0 N–H and O–H groups in total. The Balaban J connectivity index is 1.06. The molecule has 0 unspecified atom stereocenters. The van der Waals surface area contributed by atoms with E-state index in [1.807, 2.05) is 0 Å². The smallest absolute Gasteiger partial charge is 0.143 e. The number of fused-ring (bicyclic) bond motifs is 6. The Hall–Kier alpha value is -7.22. The van der Waals surface area contributed by atoms with Crippen LogP contribution in [-0.4, -0.2) is 0 Å². The van der Waals surface area contributed by atoms with Crippen molar-refractivity contribution in [3.05, 3.63) is 206 Å². The molecule has 11 rings (SSSR count). The number of hydrogen-bond donors (Lipinski definition) is 0. The third-order valence-corrected chi connectivity index (χ3v) is 11.2. The van der Waals surface area contributed by atoms with Crippen LogP contribution < -0.4 is 0 Å². The first kappa shape index (κ1) is 31.3. The molecule has 1 heteroatoms. The molecule has 0 bridgehead atoms. The minimum absolute atomic E-state index is 0.896. The molecular formula is C54H34O. The van der Waals surface area contributed by atoms with Gasteiger partial charge in [0.1, 0.15) is 11.2 Å². The second-order valence-corrected chi connectivity index (χ2v) is 14.4. The highest BCUT2D eigenvalue weighted by molar-refractivity contribution is 6.22. The molecule has 1 heterocycles. The summed E-state index contributed by atoms with van der Waals surface area (Å²) in [4.78, 5) is 0. The van der Waals surface area contributed by atoms with Crippen molar-refractivity contribution in [3.63, 3.8) is 0 Å². The van der Waals surface area contributed by atoms with Crippen LogP contribution in [0.4, 0.5) is 0 Å². The average Bonchev–Trinajstić information content (AvgIpc) is 3.64. The van der Waals surface area contributed by atoms with Crippen molar-refractivity contribution < 1.29 is 4.42 Å². The van der Waals surface area contributed by atoms with Gasteiger partial charge in [-0.1, -0.05) is 176 Å². The standard InChI is InChI=1S/C54H34O/c1-3-14-36(15-4-1)52-45-21-9-10-22-46(45)53(37-16-5-2-6-17-37)50-34-41(27-29-47(50)52)39-19-11-20-43(32-39)44-23-12-24-48-49-33-42(28-30-51(49)55-54(44)48)40-26-25-35-13-7-8-18-38(35)31-40/h1-34H. The third kappa shape index (κ3) is 5.24. The Bertz CT molecular complexity index is 3240. The number of hydrogen-bond acceptors (Lipinski definition) is 1. The predicted octanol–water partition coefficient (Wildman–Crippen LogP) is 15.4. The summed E-state index contributed by atoms with van der Waals surface area (Å²) < 4.78 is 6.66. The van der Waals surface area contributed by atoms with E-state index >= 15 is 0 Å². The largest absolute Gasteiger partial charge is 0.455 e. The van der Waals surface area contributed by atoms with Crippen LogP contribution in [0.25, 0.3) is 110 Å². The topological polar surface area (TPSA) is 13.1 Å². The maximum Gasteiger partial charge on any atom is 0.143 e. The summed E-state index contributed by atoms with van der Waals surface area (Å²) in [7, 11) is 0. The number of benzene rings is 10. The van der Waals surface area contributed by atoms with Gasteiger partial charge in [-0.15, -0.1) is 0 Å². The predicted molar refractivity (Wildman–Crippen MR) is 233 cm³/mol. The molecule has 55 heavy (non-hydrogen) atoms. The van der Waals surface area contributed by atoms with Crippen molar-refractivity contribution in [2.24, 2.45) is 0 Å². The van der Waals surface area contributed by atoms with Gasteiger partial charge in [0.05, 0.1) is 0 Å². The molecule has 0 aliphatic rings. The minimum Gasteiger partial charge on any atom is -0.455 e. The first-order chi connectivity index (χ1) is 27.3. The van der Waals surface area contributed by atoms with Crippen LogP contribution in [-0.2, 0) is 0 Å². The van der Waals surface area contributed by atoms with E-state index in [-0.39, 0.29) is 0 Å². The van der Waals surface area contributed by atoms with E-state index < -0.39 is 0 Å². The van der Waals surface area contributed by atoms with Crippen LogP contribution in [0.2, 0.25) is 0 Å². The molecule has 0 radical (unpaired) electrons. The first-order valence-corrected chi connectivity index (χ1v) is 18.9.